The highest BCUT2D eigenvalue weighted by Gasteiger charge is 2.04. The number of hydrogen-bond donors (Lipinski definition) is 1. The van der Waals surface area contributed by atoms with E-state index in [1.54, 1.807) is 18.5 Å². The molecule has 64 valence electrons. The minimum atomic E-state index is -1.02. The Balaban J connectivity index is 2.69. The molecular weight excluding hydrogens is 168 g/mol. The van der Waals surface area contributed by atoms with Crippen molar-refractivity contribution in [1.29, 1.82) is 0 Å². The van der Waals surface area contributed by atoms with Crippen molar-refractivity contribution in [1.82, 2.24) is 9.97 Å². The van der Waals surface area contributed by atoms with Gasteiger partial charge in [0.25, 0.3) is 0 Å². The number of carboxylic acids is 1. The third kappa shape index (κ3) is 1.33. The van der Waals surface area contributed by atoms with Crippen LogP contribution in [0.15, 0.2) is 30.7 Å². The van der Waals surface area contributed by atoms with E-state index in [1.807, 2.05) is 0 Å². The van der Waals surface area contributed by atoms with Crippen LogP contribution >= 0.6 is 0 Å². The van der Waals surface area contributed by atoms with Crippen LogP contribution < -0.4 is 0 Å². The van der Waals surface area contributed by atoms with Crippen molar-refractivity contribution in [2.75, 3.05) is 0 Å². The molecule has 0 saturated carbocycles. The van der Waals surface area contributed by atoms with Crippen LogP contribution in [-0.2, 0) is 0 Å². The Kier molecular flexibility index (Phi) is 1.66. The lowest BCUT2D eigenvalue weighted by atomic mass is 10.2. The average Bonchev–Trinajstić information content (AvgIpc) is 2.17. The molecule has 2 heterocycles. The summed E-state index contributed by atoms with van der Waals surface area (Å²) >= 11 is 0. The third-order valence-electron chi connectivity index (χ3n) is 1.74. The van der Waals surface area contributed by atoms with Gasteiger partial charge in [-0.3, -0.25) is 4.98 Å². The summed E-state index contributed by atoms with van der Waals surface area (Å²) in [6.45, 7) is 0. The van der Waals surface area contributed by atoms with Crippen LogP contribution in [0.25, 0.3) is 10.8 Å². The summed E-state index contributed by atoms with van der Waals surface area (Å²) in [6, 6.07) is 3.29. The van der Waals surface area contributed by atoms with Gasteiger partial charge in [0, 0.05) is 29.4 Å². The number of nitrogens with zero attached hydrogens (tertiary/aromatic N) is 2. The molecule has 4 heteroatoms. The minimum Gasteiger partial charge on any atom is -0.477 e. The monoisotopic (exact) mass is 174 g/mol. The molecule has 0 aromatic carbocycles. The highest BCUT2D eigenvalue weighted by molar-refractivity contribution is 5.91. The van der Waals surface area contributed by atoms with Gasteiger partial charge >= 0.3 is 5.97 Å². The van der Waals surface area contributed by atoms with Crippen LogP contribution in [0.2, 0.25) is 0 Å². The standard InChI is InChI=1S/C9H6N2O2/c12-9(13)8-3-7-4-10-2-1-6(7)5-11-8/h1-5H,(H,12,13). The first-order chi connectivity index (χ1) is 6.27. The zero-order chi connectivity index (χ0) is 9.26. The van der Waals surface area contributed by atoms with Gasteiger partial charge in [-0.25, -0.2) is 9.78 Å². The Bertz CT molecular complexity index is 468. The molecule has 2 rings (SSSR count). The van der Waals surface area contributed by atoms with Crippen molar-refractivity contribution in [3.8, 4) is 0 Å². The molecule has 0 aliphatic rings. The Morgan fingerprint density at radius 3 is 2.92 bits per heavy atom. The predicted octanol–water partition coefficient (Wildman–Crippen LogP) is 1.33. The topological polar surface area (TPSA) is 63.1 Å². The summed E-state index contributed by atoms with van der Waals surface area (Å²) in [6.07, 6.45) is 4.79. The Hall–Kier alpha value is -1.97. The summed E-state index contributed by atoms with van der Waals surface area (Å²) in [4.78, 5) is 18.2. The van der Waals surface area contributed by atoms with Crippen LogP contribution in [0, 0.1) is 0 Å². The number of carboxylic acid groups (broad SMARTS) is 1. The van der Waals surface area contributed by atoms with E-state index in [9.17, 15) is 4.79 Å². The SMILES string of the molecule is O=C(O)c1cc2cnccc2cn1. The fourth-order valence-electron chi connectivity index (χ4n) is 1.10. The summed E-state index contributed by atoms with van der Waals surface area (Å²) < 4.78 is 0. The minimum absolute atomic E-state index is 0.0421. The summed E-state index contributed by atoms with van der Waals surface area (Å²) in [5.74, 6) is -1.02. The van der Waals surface area contributed by atoms with Crippen LogP contribution in [0.1, 0.15) is 10.5 Å². The number of pyridine rings is 2. The van der Waals surface area contributed by atoms with Gasteiger partial charge in [0.05, 0.1) is 0 Å². The second-order valence-electron chi connectivity index (χ2n) is 2.60. The van der Waals surface area contributed by atoms with Crippen molar-refractivity contribution in [3.63, 3.8) is 0 Å². The van der Waals surface area contributed by atoms with Gasteiger partial charge in [0.1, 0.15) is 5.69 Å². The number of carbonyl (C=O) groups is 1. The third-order valence-corrected chi connectivity index (χ3v) is 1.74. The molecule has 2 aromatic rings. The zero-order valence-corrected chi connectivity index (χ0v) is 6.64. The summed E-state index contributed by atoms with van der Waals surface area (Å²) in [7, 11) is 0. The maximum atomic E-state index is 10.6. The molecule has 0 fully saturated rings. The highest BCUT2D eigenvalue weighted by atomic mass is 16.4. The molecule has 0 atom stereocenters. The first kappa shape index (κ1) is 7.67. The summed E-state index contributed by atoms with van der Waals surface area (Å²) in [5, 5.41) is 10.3. The van der Waals surface area contributed by atoms with Crippen LogP contribution in [-0.4, -0.2) is 21.0 Å². The van der Waals surface area contributed by atoms with E-state index < -0.39 is 5.97 Å². The molecule has 0 saturated heterocycles. The largest absolute Gasteiger partial charge is 0.477 e. The van der Waals surface area contributed by atoms with Gasteiger partial charge in [-0.05, 0) is 12.1 Å². The highest BCUT2D eigenvalue weighted by Crippen LogP contribution is 2.11. The van der Waals surface area contributed by atoms with Crippen LogP contribution in [0.4, 0.5) is 0 Å². The molecule has 0 unspecified atom stereocenters. The van der Waals surface area contributed by atoms with Crippen molar-refractivity contribution >= 4 is 16.7 Å². The van der Waals surface area contributed by atoms with Crippen LogP contribution in [0.3, 0.4) is 0 Å². The fraction of sp³-hybridized carbons (Fsp3) is 0. The van der Waals surface area contributed by atoms with E-state index in [-0.39, 0.29) is 5.69 Å². The molecule has 0 radical (unpaired) electrons. The molecule has 0 spiro atoms. The number of aromatic nitrogens is 2. The Labute approximate surface area is 73.9 Å². The van der Waals surface area contributed by atoms with Crippen molar-refractivity contribution < 1.29 is 9.90 Å². The van der Waals surface area contributed by atoms with Crippen molar-refractivity contribution in [2.45, 2.75) is 0 Å². The zero-order valence-electron chi connectivity index (χ0n) is 6.64. The van der Waals surface area contributed by atoms with Gasteiger partial charge in [-0.15, -0.1) is 0 Å². The lowest BCUT2D eigenvalue weighted by Crippen LogP contribution is -1.99. The number of hydrogen-bond acceptors (Lipinski definition) is 3. The maximum absolute atomic E-state index is 10.6. The molecule has 0 bridgehead atoms. The molecule has 0 amide bonds. The Morgan fingerprint density at radius 2 is 2.15 bits per heavy atom. The predicted molar refractivity (Wildman–Crippen MR) is 46.5 cm³/mol. The van der Waals surface area contributed by atoms with E-state index in [1.165, 1.54) is 12.3 Å². The fourth-order valence-corrected chi connectivity index (χ4v) is 1.10. The molecule has 1 N–H and O–H groups in total. The molecule has 2 aromatic heterocycles. The lowest BCUT2D eigenvalue weighted by molar-refractivity contribution is 0.0691. The van der Waals surface area contributed by atoms with E-state index in [0.717, 1.165) is 10.8 Å². The number of fused-ring (bicyclic) bond motifs is 1. The molecule has 0 aliphatic heterocycles. The summed E-state index contributed by atoms with van der Waals surface area (Å²) in [5.41, 5.74) is 0.0421. The maximum Gasteiger partial charge on any atom is 0.354 e. The second-order valence-corrected chi connectivity index (χ2v) is 2.60. The smallest absolute Gasteiger partial charge is 0.354 e. The van der Waals surface area contributed by atoms with Crippen molar-refractivity contribution in [2.24, 2.45) is 0 Å². The van der Waals surface area contributed by atoms with Crippen molar-refractivity contribution in [3.05, 3.63) is 36.4 Å². The number of rotatable bonds is 1. The van der Waals surface area contributed by atoms with Gasteiger partial charge in [0.15, 0.2) is 0 Å². The molecule has 4 nitrogen and oxygen atoms in total. The lowest BCUT2D eigenvalue weighted by Gasteiger charge is -1.96. The van der Waals surface area contributed by atoms with Crippen LogP contribution in [0.5, 0.6) is 0 Å². The number of aromatic carboxylic acids is 1. The van der Waals surface area contributed by atoms with Gasteiger partial charge < -0.3 is 5.11 Å². The van der Waals surface area contributed by atoms with E-state index in [4.69, 9.17) is 5.11 Å². The quantitative estimate of drug-likeness (QED) is 0.708. The normalized spacial score (nSPS) is 10.2. The first-order valence-corrected chi connectivity index (χ1v) is 3.70. The van der Waals surface area contributed by atoms with E-state index in [0.29, 0.717) is 0 Å². The van der Waals surface area contributed by atoms with Gasteiger partial charge in [-0.1, -0.05) is 0 Å². The molecule has 13 heavy (non-hydrogen) atoms. The van der Waals surface area contributed by atoms with E-state index in [2.05, 4.69) is 9.97 Å². The molecular formula is C9H6N2O2. The Morgan fingerprint density at radius 1 is 1.31 bits per heavy atom. The first-order valence-electron chi connectivity index (χ1n) is 3.70. The second kappa shape index (κ2) is 2.82. The van der Waals surface area contributed by atoms with E-state index >= 15 is 0 Å². The van der Waals surface area contributed by atoms with Gasteiger partial charge in [-0.2, -0.15) is 0 Å². The van der Waals surface area contributed by atoms with Gasteiger partial charge in [0.2, 0.25) is 0 Å². The average molecular weight is 174 g/mol. The molecule has 0 aliphatic carbocycles.